The minimum atomic E-state index is -0.311. The predicted octanol–water partition coefficient (Wildman–Crippen LogP) is 5.02. The molecule has 6 heteroatoms. The van der Waals surface area contributed by atoms with Gasteiger partial charge in [-0.25, -0.2) is 4.39 Å². The van der Waals surface area contributed by atoms with Crippen LogP contribution in [0.25, 0.3) is 6.08 Å². The zero-order chi connectivity index (χ0) is 21.3. The molecule has 0 bridgehead atoms. The Bertz CT molecular complexity index is 1060. The summed E-state index contributed by atoms with van der Waals surface area (Å²) in [4.78, 5) is 23.2. The molecule has 30 heavy (non-hydrogen) atoms. The monoisotopic (exact) mass is 404 g/mol. The molecule has 0 radical (unpaired) electrons. The van der Waals surface area contributed by atoms with Crippen molar-refractivity contribution in [2.24, 2.45) is 0 Å². The molecule has 3 aromatic carbocycles. The highest BCUT2D eigenvalue weighted by Crippen LogP contribution is 2.19. The van der Waals surface area contributed by atoms with Crippen LogP contribution in [0.3, 0.4) is 0 Å². The van der Waals surface area contributed by atoms with Crippen molar-refractivity contribution >= 4 is 29.3 Å². The molecule has 0 aliphatic heterocycles. The molecule has 152 valence electrons. The third kappa shape index (κ3) is 6.60. The van der Waals surface area contributed by atoms with Gasteiger partial charge in [-0.05, 0) is 53.6 Å². The van der Waals surface area contributed by atoms with E-state index in [0.29, 0.717) is 17.1 Å². The number of anilines is 2. The van der Waals surface area contributed by atoms with Gasteiger partial charge in [-0.1, -0.05) is 30.3 Å². The maximum absolute atomic E-state index is 13.2. The SMILES string of the molecule is CC(=O)Nc1ccc(C=CC(=O)Nc2cccc(OCc3cccc(F)c3)c2)cc1. The van der Waals surface area contributed by atoms with Crippen LogP contribution in [0.2, 0.25) is 0 Å². The quantitative estimate of drug-likeness (QED) is 0.544. The van der Waals surface area contributed by atoms with Gasteiger partial charge in [0.2, 0.25) is 11.8 Å². The number of carbonyl (C=O) groups is 2. The van der Waals surface area contributed by atoms with Crippen molar-refractivity contribution in [1.29, 1.82) is 0 Å². The Balaban J connectivity index is 1.55. The lowest BCUT2D eigenvalue weighted by Gasteiger charge is -2.09. The zero-order valence-electron chi connectivity index (χ0n) is 16.4. The Hall–Kier alpha value is -3.93. The van der Waals surface area contributed by atoms with E-state index in [1.807, 2.05) is 0 Å². The number of hydrogen-bond acceptors (Lipinski definition) is 3. The number of rotatable bonds is 7. The van der Waals surface area contributed by atoms with E-state index in [1.54, 1.807) is 66.7 Å². The van der Waals surface area contributed by atoms with Gasteiger partial charge in [-0.2, -0.15) is 0 Å². The molecule has 0 aromatic heterocycles. The molecular formula is C24H21FN2O3. The van der Waals surface area contributed by atoms with Crippen molar-refractivity contribution in [2.75, 3.05) is 10.6 Å². The molecule has 0 saturated carbocycles. The topological polar surface area (TPSA) is 67.4 Å². The van der Waals surface area contributed by atoms with E-state index in [9.17, 15) is 14.0 Å². The summed E-state index contributed by atoms with van der Waals surface area (Å²) in [5, 5.41) is 5.46. The van der Waals surface area contributed by atoms with E-state index in [-0.39, 0.29) is 24.2 Å². The summed E-state index contributed by atoms with van der Waals surface area (Å²) in [5.41, 5.74) is 2.82. The van der Waals surface area contributed by atoms with Gasteiger partial charge in [-0.15, -0.1) is 0 Å². The molecule has 3 aromatic rings. The first-order valence-electron chi connectivity index (χ1n) is 9.32. The minimum absolute atomic E-state index is 0.139. The van der Waals surface area contributed by atoms with Crippen LogP contribution in [0.4, 0.5) is 15.8 Å². The highest BCUT2D eigenvalue weighted by molar-refractivity contribution is 6.02. The maximum Gasteiger partial charge on any atom is 0.248 e. The summed E-state index contributed by atoms with van der Waals surface area (Å²) in [5.74, 6) is -0.175. The lowest BCUT2D eigenvalue weighted by Crippen LogP contribution is -2.08. The van der Waals surface area contributed by atoms with Gasteiger partial charge < -0.3 is 15.4 Å². The number of hydrogen-bond donors (Lipinski definition) is 2. The van der Waals surface area contributed by atoms with Crippen molar-refractivity contribution in [1.82, 2.24) is 0 Å². The molecule has 0 atom stereocenters. The van der Waals surface area contributed by atoms with E-state index in [4.69, 9.17) is 4.74 Å². The third-order valence-corrected chi connectivity index (χ3v) is 4.05. The molecule has 0 unspecified atom stereocenters. The summed E-state index contributed by atoms with van der Waals surface area (Å²) in [7, 11) is 0. The first-order valence-corrected chi connectivity index (χ1v) is 9.32. The summed E-state index contributed by atoms with van der Waals surface area (Å²) < 4.78 is 18.9. The van der Waals surface area contributed by atoms with E-state index in [2.05, 4.69) is 10.6 Å². The summed E-state index contributed by atoms with van der Waals surface area (Å²) >= 11 is 0. The van der Waals surface area contributed by atoms with Crippen LogP contribution >= 0.6 is 0 Å². The first-order chi connectivity index (χ1) is 14.5. The van der Waals surface area contributed by atoms with Crippen LogP contribution in [-0.2, 0) is 16.2 Å². The van der Waals surface area contributed by atoms with Crippen LogP contribution in [0, 0.1) is 5.82 Å². The number of nitrogens with one attached hydrogen (secondary N) is 2. The number of benzene rings is 3. The van der Waals surface area contributed by atoms with E-state index in [0.717, 1.165) is 11.1 Å². The van der Waals surface area contributed by atoms with E-state index in [1.165, 1.54) is 25.1 Å². The molecule has 0 aliphatic carbocycles. The normalized spacial score (nSPS) is 10.6. The predicted molar refractivity (Wildman–Crippen MR) is 116 cm³/mol. The summed E-state index contributed by atoms with van der Waals surface area (Å²) in [6.07, 6.45) is 3.10. The summed E-state index contributed by atoms with van der Waals surface area (Å²) in [6, 6.07) is 20.3. The smallest absolute Gasteiger partial charge is 0.248 e. The van der Waals surface area contributed by atoms with Gasteiger partial charge >= 0.3 is 0 Å². The van der Waals surface area contributed by atoms with Crippen molar-refractivity contribution in [3.05, 3.63) is 95.8 Å². The summed E-state index contributed by atoms with van der Waals surface area (Å²) in [6.45, 7) is 1.67. The largest absolute Gasteiger partial charge is 0.489 e. The van der Waals surface area contributed by atoms with Gasteiger partial charge in [0, 0.05) is 30.4 Å². The molecule has 0 saturated heterocycles. The van der Waals surface area contributed by atoms with Gasteiger partial charge in [0.1, 0.15) is 18.2 Å². The Morgan fingerprint density at radius 3 is 2.43 bits per heavy atom. The van der Waals surface area contributed by atoms with Crippen molar-refractivity contribution in [2.45, 2.75) is 13.5 Å². The lowest BCUT2D eigenvalue weighted by molar-refractivity contribution is -0.114. The second-order valence-electron chi connectivity index (χ2n) is 6.57. The second kappa shape index (κ2) is 10.0. The first kappa shape index (κ1) is 20.8. The van der Waals surface area contributed by atoms with Gasteiger partial charge in [-0.3, -0.25) is 9.59 Å². The van der Waals surface area contributed by atoms with E-state index < -0.39 is 0 Å². The highest BCUT2D eigenvalue weighted by atomic mass is 19.1. The second-order valence-corrected chi connectivity index (χ2v) is 6.57. The fraction of sp³-hybridized carbons (Fsp3) is 0.0833. The molecule has 2 N–H and O–H groups in total. The van der Waals surface area contributed by atoms with Gasteiger partial charge in [0.05, 0.1) is 0 Å². The minimum Gasteiger partial charge on any atom is -0.489 e. The van der Waals surface area contributed by atoms with Crippen molar-refractivity contribution in [3.63, 3.8) is 0 Å². The maximum atomic E-state index is 13.2. The molecule has 5 nitrogen and oxygen atoms in total. The van der Waals surface area contributed by atoms with Crippen molar-refractivity contribution in [3.8, 4) is 5.75 Å². The van der Waals surface area contributed by atoms with Crippen LogP contribution in [0.1, 0.15) is 18.1 Å². The Kier molecular flexibility index (Phi) is 6.95. The Morgan fingerprint density at radius 1 is 0.933 bits per heavy atom. The number of amides is 2. The van der Waals surface area contributed by atoms with Crippen LogP contribution in [0.5, 0.6) is 5.75 Å². The number of carbonyl (C=O) groups excluding carboxylic acids is 2. The molecule has 0 fully saturated rings. The molecule has 3 rings (SSSR count). The van der Waals surface area contributed by atoms with Gasteiger partial charge in [0.25, 0.3) is 0 Å². The highest BCUT2D eigenvalue weighted by Gasteiger charge is 2.02. The molecule has 0 spiro atoms. The zero-order valence-corrected chi connectivity index (χ0v) is 16.4. The van der Waals surface area contributed by atoms with Crippen LogP contribution in [-0.4, -0.2) is 11.8 Å². The lowest BCUT2D eigenvalue weighted by atomic mass is 10.2. The van der Waals surface area contributed by atoms with E-state index >= 15 is 0 Å². The number of ether oxygens (including phenoxy) is 1. The molecular weight excluding hydrogens is 383 g/mol. The Labute approximate surface area is 174 Å². The standard InChI is InChI=1S/C24H21FN2O3/c1-17(28)26-21-11-8-18(9-12-21)10-13-24(29)27-22-6-3-7-23(15-22)30-16-19-4-2-5-20(25)14-19/h2-15H,16H2,1H3,(H,26,28)(H,27,29). The van der Waals surface area contributed by atoms with Crippen molar-refractivity contribution < 1.29 is 18.7 Å². The third-order valence-electron chi connectivity index (χ3n) is 4.05. The van der Waals surface area contributed by atoms with Gasteiger partial charge in [0.15, 0.2) is 0 Å². The fourth-order valence-electron chi connectivity index (χ4n) is 2.69. The van der Waals surface area contributed by atoms with Crippen LogP contribution < -0.4 is 15.4 Å². The average Bonchev–Trinajstić information content (AvgIpc) is 2.72. The average molecular weight is 404 g/mol. The number of halogens is 1. The molecule has 0 heterocycles. The molecule has 0 aliphatic rings. The Morgan fingerprint density at radius 2 is 1.70 bits per heavy atom. The fourth-order valence-corrected chi connectivity index (χ4v) is 2.69. The molecule has 2 amide bonds. The van der Waals surface area contributed by atoms with Crippen LogP contribution in [0.15, 0.2) is 78.9 Å².